The Morgan fingerprint density at radius 2 is 1.90 bits per heavy atom. The minimum atomic E-state index is -3.95. The van der Waals surface area contributed by atoms with Crippen molar-refractivity contribution >= 4 is 15.7 Å². The van der Waals surface area contributed by atoms with Gasteiger partial charge in [-0.05, 0) is 42.8 Å². The first-order valence-corrected chi connectivity index (χ1v) is 7.60. The fourth-order valence-corrected chi connectivity index (χ4v) is 3.30. The average molecular weight is 312 g/mol. The smallest absolute Gasteiger partial charge is 0.262 e. The summed E-state index contributed by atoms with van der Waals surface area (Å²) in [6.45, 7) is 1.33. The van der Waals surface area contributed by atoms with Gasteiger partial charge >= 0.3 is 0 Å². The molecule has 2 aromatic rings. The molecule has 112 valence electrons. The molecule has 0 atom stereocenters. The Bertz CT molecular complexity index is 777. The summed E-state index contributed by atoms with van der Waals surface area (Å²) in [6.07, 6.45) is 0. The standard InChI is InChI=1S/C14H14F2N2O2S/c1-9-7-10(15)5-6-14(9)21(19,20)18-13-4-2-3-12(16)11(13)8-17/h2-7,18H,8,17H2,1H3. The van der Waals surface area contributed by atoms with Gasteiger partial charge in [-0.2, -0.15) is 0 Å². The summed E-state index contributed by atoms with van der Waals surface area (Å²) >= 11 is 0. The van der Waals surface area contributed by atoms with Gasteiger partial charge in [-0.3, -0.25) is 4.72 Å². The van der Waals surface area contributed by atoms with E-state index in [4.69, 9.17) is 5.73 Å². The van der Waals surface area contributed by atoms with Crippen molar-refractivity contribution < 1.29 is 17.2 Å². The van der Waals surface area contributed by atoms with Crippen molar-refractivity contribution in [2.75, 3.05) is 4.72 Å². The molecular weight excluding hydrogens is 298 g/mol. The Kier molecular flexibility index (Phi) is 4.24. The van der Waals surface area contributed by atoms with Crippen LogP contribution >= 0.6 is 0 Å². The second kappa shape index (κ2) is 5.79. The summed E-state index contributed by atoms with van der Waals surface area (Å²) in [5.74, 6) is -1.12. The molecule has 0 aromatic heterocycles. The number of nitrogens with one attached hydrogen (secondary N) is 1. The zero-order chi connectivity index (χ0) is 15.6. The van der Waals surface area contributed by atoms with Gasteiger partial charge in [-0.1, -0.05) is 6.07 Å². The van der Waals surface area contributed by atoms with Crippen LogP contribution in [0.3, 0.4) is 0 Å². The number of sulfonamides is 1. The summed E-state index contributed by atoms with van der Waals surface area (Å²) in [6, 6.07) is 7.32. The Labute approximate surface area is 121 Å². The Morgan fingerprint density at radius 3 is 2.52 bits per heavy atom. The van der Waals surface area contributed by atoms with Crippen molar-refractivity contribution in [3.8, 4) is 0 Å². The summed E-state index contributed by atoms with van der Waals surface area (Å²) < 4.78 is 53.6. The van der Waals surface area contributed by atoms with E-state index in [0.717, 1.165) is 18.2 Å². The first kappa shape index (κ1) is 15.4. The Balaban J connectivity index is 2.45. The molecule has 0 heterocycles. The first-order valence-electron chi connectivity index (χ1n) is 6.11. The number of anilines is 1. The molecule has 0 radical (unpaired) electrons. The van der Waals surface area contributed by atoms with Crippen LogP contribution in [0.2, 0.25) is 0 Å². The van der Waals surface area contributed by atoms with E-state index in [1.165, 1.54) is 25.1 Å². The minimum Gasteiger partial charge on any atom is -0.326 e. The molecule has 0 fully saturated rings. The molecule has 4 nitrogen and oxygen atoms in total. The van der Waals surface area contributed by atoms with Crippen LogP contribution in [0.1, 0.15) is 11.1 Å². The van der Waals surface area contributed by atoms with E-state index in [2.05, 4.69) is 4.72 Å². The van der Waals surface area contributed by atoms with Gasteiger partial charge in [-0.15, -0.1) is 0 Å². The minimum absolute atomic E-state index is 0.0702. The molecule has 2 rings (SSSR count). The summed E-state index contributed by atoms with van der Waals surface area (Å²) in [5, 5.41) is 0. The van der Waals surface area contributed by atoms with Gasteiger partial charge in [0.2, 0.25) is 0 Å². The highest BCUT2D eigenvalue weighted by atomic mass is 32.2. The molecular formula is C14H14F2N2O2S. The molecule has 0 saturated heterocycles. The van der Waals surface area contributed by atoms with Gasteiger partial charge in [0.05, 0.1) is 10.6 Å². The lowest BCUT2D eigenvalue weighted by molar-refractivity contribution is 0.598. The Hall–Kier alpha value is -1.99. The number of nitrogens with two attached hydrogens (primary N) is 1. The van der Waals surface area contributed by atoms with Crippen LogP contribution in [0.25, 0.3) is 0 Å². The maximum absolute atomic E-state index is 13.6. The highest BCUT2D eigenvalue weighted by Crippen LogP contribution is 2.24. The zero-order valence-corrected chi connectivity index (χ0v) is 12.0. The quantitative estimate of drug-likeness (QED) is 0.911. The fraction of sp³-hybridized carbons (Fsp3) is 0.143. The van der Waals surface area contributed by atoms with Gasteiger partial charge < -0.3 is 5.73 Å². The molecule has 3 N–H and O–H groups in total. The molecule has 0 saturated carbocycles. The van der Waals surface area contributed by atoms with Crippen LogP contribution < -0.4 is 10.5 Å². The van der Waals surface area contributed by atoms with Crippen molar-refractivity contribution in [3.05, 3.63) is 59.2 Å². The number of benzene rings is 2. The van der Waals surface area contributed by atoms with Crippen LogP contribution in [-0.2, 0) is 16.6 Å². The number of halogens is 2. The van der Waals surface area contributed by atoms with Gasteiger partial charge in [0, 0.05) is 12.1 Å². The first-order chi connectivity index (χ1) is 9.85. The predicted octanol–water partition coefficient (Wildman–Crippen LogP) is 2.53. The van der Waals surface area contributed by atoms with Crippen LogP contribution in [0.5, 0.6) is 0 Å². The van der Waals surface area contributed by atoms with Gasteiger partial charge in [0.15, 0.2) is 0 Å². The number of aryl methyl sites for hydroxylation is 1. The normalized spacial score (nSPS) is 11.4. The topological polar surface area (TPSA) is 72.2 Å². The third-order valence-electron chi connectivity index (χ3n) is 2.99. The van der Waals surface area contributed by atoms with Crippen LogP contribution in [0.4, 0.5) is 14.5 Å². The molecule has 0 amide bonds. The highest BCUT2D eigenvalue weighted by molar-refractivity contribution is 7.92. The van der Waals surface area contributed by atoms with E-state index >= 15 is 0 Å². The van der Waals surface area contributed by atoms with E-state index in [-0.39, 0.29) is 28.3 Å². The van der Waals surface area contributed by atoms with E-state index in [9.17, 15) is 17.2 Å². The lowest BCUT2D eigenvalue weighted by Gasteiger charge is -2.13. The predicted molar refractivity (Wildman–Crippen MR) is 76.2 cm³/mol. The lowest BCUT2D eigenvalue weighted by Crippen LogP contribution is -2.17. The molecule has 2 aromatic carbocycles. The summed E-state index contributed by atoms with van der Waals surface area (Å²) in [5.41, 5.74) is 5.83. The lowest BCUT2D eigenvalue weighted by atomic mass is 10.2. The average Bonchev–Trinajstić information content (AvgIpc) is 2.38. The van der Waals surface area contributed by atoms with Gasteiger partial charge in [-0.25, -0.2) is 17.2 Å². The van der Waals surface area contributed by atoms with E-state index < -0.39 is 21.7 Å². The maximum atomic E-state index is 13.6. The highest BCUT2D eigenvalue weighted by Gasteiger charge is 2.19. The van der Waals surface area contributed by atoms with E-state index in [1.807, 2.05) is 0 Å². The van der Waals surface area contributed by atoms with Gasteiger partial charge in [0.1, 0.15) is 11.6 Å². The summed E-state index contributed by atoms with van der Waals surface area (Å²) in [7, 11) is -3.95. The molecule has 0 aliphatic carbocycles. The number of hydrogen-bond donors (Lipinski definition) is 2. The van der Waals surface area contributed by atoms with Crippen LogP contribution in [0, 0.1) is 18.6 Å². The zero-order valence-electron chi connectivity index (χ0n) is 11.2. The van der Waals surface area contributed by atoms with Crippen molar-refractivity contribution in [3.63, 3.8) is 0 Å². The fourth-order valence-electron chi connectivity index (χ4n) is 1.98. The molecule has 0 spiro atoms. The van der Waals surface area contributed by atoms with Gasteiger partial charge in [0.25, 0.3) is 10.0 Å². The van der Waals surface area contributed by atoms with Crippen molar-refractivity contribution in [2.24, 2.45) is 5.73 Å². The van der Waals surface area contributed by atoms with Crippen LogP contribution in [0.15, 0.2) is 41.3 Å². The van der Waals surface area contributed by atoms with E-state index in [1.54, 1.807) is 0 Å². The summed E-state index contributed by atoms with van der Waals surface area (Å²) in [4.78, 5) is -0.0730. The molecule has 0 aliphatic rings. The second-order valence-corrected chi connectivity index (χ2v) is 6.14. The Morgan fingerprint density at radius 1 is 1.19 bits per heavy atom. The monoisotopic (exact) mass is 312 g/mol. The molecule has 0 unspecified atom stereocenters. The molecule has 21 heavy (non-hydrogen) atoms. The largest absolute Gasteiger partial charge is 0.326 e. The maximum Gasteiger partial charge on any atom is 0.262 e. The third-order valence-corrected chi connectivity index (χ3v) is 4.52. The third kappa shape index (κ3) is 3.20. The second-order valence-electron chi connectivity index (χ2n) is 4.49. The van der Waals surface area contributed by atoms with Crippen molar-refractivity contribution in [1.29, 1.82) is 0 Å². The molecule has 0 bridgehead atoms. The number of rotatable bonds is 4. The molecule has 0 aliphatic heterocycles. The number of hydrogen-bond acceptors (Lipinski definition) is 3. The van der Waals surface area contributed by atoms with Crippen molar-refractivity contribution in [1.82, 2.24) is 0 Å². The van der Waals surface area contributed by atoms with Crippen LogP contribution in [-0.4, -0.2) is 8.42 Å². The van der Waals surface area contributed by atoms with E-state index in [0.29, 0.717) is 0 Å². The van der Waals surface area contributed by atoms with Crippen molar-refractivity contribution in [2.45, 2.75) is 18.4 Å². The molecule has 7 heteroatoms. The SMILES string of the molecule is Cc1cc(F)ccc1S(=O)(=O)Nc1cccc(F)c1CN.